The molecule has 0 radical (unpaired) electrons. The second-order valence-corrected chi connectivity index (χ2v) is 7.28. The van der Waals surface area contributed by atoms with E-state index in [9.17, 15) is 0 Å². The molecule has 1 saturated heterocycles. The third-order valence-corrected chi connectivity index (χ3v) is 4.52. The minimum atomic E-state index is 0.0630. The summed E-state index contributed by atoms with van der Waals surface area (Å²) >= 11 is 0. The van der Waals surface area contributed by atoms with Gasteiger partial charge in [0.2, 0.25) is 0 Å². The van der Waals surface area contributed by atoms with E-state index < -0.39 is 0 Å². The summed E-state index contributed by atoms with van der Waals surface area (Å²) < 4.78 is 0. The fourth-order valence-electron chi connectivity index (χ4n) is 3.12. The van der Waals surface area contributed by atoms with Crippen molar-refractivity contribution < 1.29 is 0 Å². The molecular weight excluding hydrogens is 258 g/mol. The van der Waals surface area contributed by atoms with E-state index in [-0.39, 0.29) is 5.41 Å². The zero-order valence-electron chi connectivity index (χ0n) is 14.2. The van der Waals surface area contributed by atoms with E-state index in [1.54, 1.807) is 0 Å². The molecule has 1 unspecified atom stereocenters. The van der Waals surface area contributed by atoms with Gasteiger partial charge < -0.3 is 10.6 Å². The van der Waals surface area contributed by atoms with Gasteiger partial charge in [0, 0.05) is 30.2 Å². The molecule has 0 aliphatic carbocycles. The van der Waals surface area contributed by atoms with Gasteiger partial charge in [-0.05, 0) is 37.0 Å². The average Bonchev–Trinajstić information content (AvgIpc) is 2.70. The normalized spacial score (nSPS) is 20.4. The molecule has 0 saturated carbocycles. The van der Waals surface area contributed by atoms with E-state index in [2.05, 4.69) is 44.7 Å². The lowest BCUT2D eigenvalue weighted by atomic mass is 9.90. The largest absolute Gasteiger partial charge is 0.354 e. The Morgan fingerprint density at radius 1 is 1.24 bits per heavy atom. The van der Waals surface area contributed by atoms with Crippen LogP contribution in [-0.4, -0.2) is 17.6 Å². The Bertz CT molecular complexity index is 462. The molecule has 0 aromatic carbocycles. The van der Waals surface area contributed by atoms with Gasteiger partial charge in [0.15, 0.2) is 0 Å². The van der Waals surface area contributed by atoms with Crippen LogP contribution in [0, 0.1) is 0 Å². The summed E-state index contributed by atoms with van der Waals surface area (Å²) in [7, 11) is 0. The Labute approximate surface area is 129 Å². The molecule has 2 rings (SSSR count). The van der Waals surface area contributed by atoms with Crippen LogP contribution in [-0.2, 0) is 12.0 Å². The number of nitrogens with two attached hydrogens (primary N) is 1. The van der Waals surface area contributed by atoms with E-state index in [0.717, 1.165) is 18.1 Å². The molecule has 3 heteroatoms. The summed E-state index contributed by atoms with van der Waals surface area (Å²) in [6.45, 7) is 10.7. The summed E-state index contributed by atoms with van der Waals surface area (Å²) in [4.78, 5) is 7.52. The maximum atomic E-state index is 5.91. The molecule has 2 N–H and O–H groups in total. The van der Waals surface area contributed by atoms with Crippen molar-refractivity contribution in [2.24, 2.45) is 5.73 Å². The van der Waals surface area contributed by atoms with Crippen molar-refractivity contribution in [1.29, 1.82) is 0 Å². The third kappa shape index (κ3) is 3.97. The average molecular weight is 289 g/mol. The van der Waals surface area contributed by atoms with Crippen LogP contribution in [0.3, 0.4) is 0 Å². The third-order valence-electron chi connectivity index (χ3n) is 4.52. The van der Waals surface area contributed by atoms with E-state index in [1.807, 2.05) is 0 Å². The van der Waals surface area contributed by atoms with Crippen molar-refractivity contribution in [3.05, 3.63) is 23.4 Å². The number of hydrogen-bond donors (Lipinski definition) is 1. The summed E-state index contributed by atoms with van der Waals surface area (Å²) in [5, 5.41) is 0. The predicted molar refractivity (Wildman–Crippen MR) is 90.7 cm³/mol. The van der Waals surface area contributed by atoms with Gasteiger partial charge in [-0.15, -0.1) is 0 Å². The monoisotopic (exact) mass is 289 g/mol. The zero-order valence-corrected chi connectivity index (χ0v) is 14.2. The standard InChI is InChI=1S/C18H31N3/c1-5-15-9-7-6-8-10-21(15)17-12-14(13-19)11-16(20-17)18(2,3)4/h11-12,15H,5-10,13,19H2,1-4H3. The highest BCUT2D eigenvalue weighted by molar-refractivity contribution is 5.45. The second kappa shape index (κ2) is 6.78. The first kappa shape index (κ1) is 16.3. The van der Waals surface area contributed by atoms with Crippen molar-refractivity contribution in [1.82, 2.24) is 4.98 Å². The van der Waals surface area contributed by atoms with Crippen LogP contribution >= 0.6 is 0 Å². The van der Waals surface area contributed by atoms with Gasteiger partial charge in [-0.2, -0.15) is 0 Å². The van der Waals surface area contributed by atoms with Crippen molar-refractivity contribution in [2.75, 3.05) is 11.4 Å². The molecule has 1 fully saturated rings. The van der Waals surface area contributed by atoms with Crippen LogP contribution in [0.25, 0.3) is 0 Å². The molecule has 0 spiro atoms. The molecular formula is C18H31N3. The zero-order chi connectivity index (χ0) is 15.5. The molecule has 0 bridgehead atoms. The van der Waals surface area contributed by atoms with Crippen LogP contribution in [0.15, 0.2) is 12.1 Å². The SMILES string of the molecule is CCC1CCCCCN1c1cc(CN)cc(C(C)(C)C)n1. The minimum Gasteiger partial charge on any atom is -0.354 e. The summed E-state index contributed by atoms with van der Waals surface area (Å²) in [6.07, 6.45) is 6.44. The molecule has 118 valence electrons. The smallest absolute Gasteiger partial charge is 0.129 e. The fraction of sp³-hybridized carbons (Fsp3) is 0.722. The lowest BCUT2D eigenvalue weighted by molar-refractivity contribution is 0.540. The molecule has 1 aromatic heterocycles. The molecule has 1 aromatic rings. The minimum absolute atomic E-state index is 0.0630. The van der Waals surface area contributed by atoms with Gasteiger partial charge >= 0.3 is 0 Å². The first-order valence-corrected chi connectivity index (χ1v) is 8.44. The summed E-state index contributed by atoms with van der Waals surface area (Å²) in [6, 6.07) is 4.99. The maximum absolute atomic E-state index is 5.91. The van der Waals surface area contributed by atoms with Crippen molar-refractivity contribution in [3.8, 4) is 0 Å². The molecule has 3 nitrogen and oxygen atoms in total. The number of aromatic nitrogens is 1. The van der Waals surface area contributed by atoms with Gasteiger partial charge in [0.25, 0.3) is 0 Å². The Balaban J connectivity index is 2.40. The molecule has 1 atom stereocenters. The lowest BCUT2D eigenvalue weighted by Gasteiger charge is -2.32. The lowest BCUT2D eigenvalue weighted by Crippen LogP contribution is -2.35. The quantitative estimate of drug-likeness (QED) is 0.914. The Morgan fingerprint density at radius 3 is 2.62 bits per heavy atom. The van der Waals surface area contributed by atoms with Crippen molar-refractivity contribution in [3.63, 3.8) is 0 Å². The van der Waals surface area contributed by atoms with Gasteiger partial charge in [0.05, 0.1) is 0 Å². The number of rotatable bonds is 3. The number of anilines is 1. The first-order chi connectivity index (χ1) is 9.95. The predicted octanol–water partition coefficient (Wildman–Crippen LogP) is 4.00. The van der Waals surface area contributed by atoms with Crippen LogP contribution in [0.1, 0.15) is 71.1 Å². The molecule has 1 aliphatic heterocycles. The van der Waals surface area contributed by atoms with Crippen LogP contribution < -0.4 is 10.6 Å². The highest BCUT2D eigenvalue weighted by atomic mass is 15.2. The van der Waals surface area contributed by atoms with Crippen LogP contribution in [0.2, 0.25) is 0 Å². The molecule has 1 aliphatic rings. The van der Waals surface area contributed by atoms with E-state index in [1.165, 1.54) is 37.7 Å². The number of nitrogens with zero attached hydrogens (tertiary/aromatic N) is 2. The molecule has 0 amide bonds. The van der Waals surface area contributed by atoms with E-state index in [4.69, 9.17) is 10.7 Å². The topological polar surface area (TPSA) is 42.1 Å². The Kier molecular flexibility index (Phi) is 5.26. The van der Waals surface area contributed by atoms with E-state index in [0.29, 0.717) is 12.6 Å². The van der Waals surface area contributed by atoms with Gasteiger partial charge in [0.1, 0.15) is 5.82 Å². The van der Waals surface area contributed by atoms with Crippen molar-refractivity contribution in [2.45, 2.75) is 77.8 Å². The first-order valence-electron chi connectivity index (χ1n) is 8.44. The Hall–Kier alpha value is -1.09. The van der Waals surface area contributed by atoms with Gasteiger partial charge in [-0.25, -0.2) is 4.98 Å². The van der Waals surface area contributed by atoms with Crippen molar-refractivity contribution >= 4 is 5.82 Å². The van der Waals surface area contributed by atoms with Crippen LogP contribution in [0.5, 0.6) is 0 Å². The molecule has 2 heterocycles. The van der Waals surface area contributed by atoms with Crippen LogP contribution in [0.4, 0.5) is 5.82 Å². The number of hydrogen-bond acceptors (Lipinski definition) is 3. The fourth-order valence-corrected chi connectivity index (χ4v) is 3.12. The summed E-state index contributed by atoms with van der Waals surface area (Å²) in [5.41, 5.74) is 8.33. The molecule has 21 heavy (non-hydrogen) atoms. The number of pyridine rings is 1. The summed E-state index contributed by atoms with van der Waals surface area (Å²) in [5.74, 6) is 1.14. The van der Waals surface area contributed by atoms with Gasteiger partial charge in [-0.1, -0.05) is 40.5 Å². The van der Waals surface area contributed by atoms with E-state index >= 15 is 0 Å². The highest BCUT2D eigenvalue weighted by Gasteiger charge is 2.23. The van der Waals surface area contributed by atoms with Gasteiger partial charge in [-0.3, -0.25) is 0 Å². The second-order valence-electron chi connectivity index (χ2n) is 7.28. The Morgan fingerprint density at radius 2 is 2.00 bits per heavy atom. The highest BCUT2D eigenvalue weighted by Crippen LogP contribution is 2.29. The maximum Gasteiger partial charge on any atom is 0.129 e.